The topological polar surface area (TPSA) is 132 Å². The lowest BCUT2D eigenvalue weighted by atomic mass is 9.77. The van der Waals surface area contributed by atoms with Gasteiger partial charge in [0.2, 0.25) is 5.82 Å². The molecule has 4 atom stereocenters. The molecule has 15 heteroatoms. The van der Waals surface area contributed by atoms with Crippen molar-refractivity contribution < 1.29 is 39.8 Å². The van der Waals surface area contributed by atoms with Gasteiger partial charge in [0.05, 0.1) is 12.6 Å². The first-order valence-corrected chi connectivity index (χ1v) is 11.6. The van der Waals surface area contributed by atoms with Crippen LogP contribution in [0, 0.1) is 17.6 Å². The van der Waals surface area contributed by atoms with Gasteiger partial charge in [-0.05, 0) is 19.1 Å². The molecule has 1 saturated heterocycles. The van der Waals surface area contributed by atoms with Crippen LogP contribution in [0.4, 0.5) is 27.8 Å². The minimum Gasteiger partial charge on any atom is -0.493 e. The molecule has 0 radical (unpaired) electrons. The number of nitrogens with two attached hydrogens (primary N) is 1. The molecular weight excluding hydrogens is 501 g/mol. The standard InChI is InChI=1S/C20H20F5N5O4S/c1-8-12(9-4-5-10(21)13(22)15(9)33-3)16(34-19(8,2)20(23,24)25)18-28-11-6-7-27-17(14(11)29-18)30-35(26,31)32/h4-8,12,16H,1-3H3,(H,27,30)(H,28,29)(H2,26,31,32)/t8-,12-,16+,19+/m0/s1. The Morgan fingerprint density at radius 3 is 2.54 bits per heavy atom. The monoisotopic (exact) mass is 521 g/mol. The number of anilines is 1. The molecule has 0 spiro atoms. The maximum Gasteiger partial charge on any atom is 0.417 e. The number of hydrogen-bond acceptors (Lipinski definition) is 6. The zero-order valence-corrected chi connectivity index (χ0v) is 19.3. The molecule has 4 rings (SSSR count). The Hall–Kier alpha value is -3.04. The summed E-state index contributed by atoms with van der Waals surface area (Å²) in [5.74, 6) is -6.04. The van der Waals surface area contributed by atoms with E-state index in [9.17, 15) is 30.4 Å². The van der Waals surface area contributed by atoms with Crippen LogP contribution in [-0.4, -0.2) is 42.3 Å². The highest BCUT2D eigenvalue weighted by molar-refractivity contribution is 7.90. The van der Waals surface area contributed by atoms with Gasteiger partial charge >= 0.3 is 6.18 Å². The molecule has 1 aliphatic rings. The minimum absolute atomic E-state index is 0.0376. The van der Waals surface area contributed by atoms with Crippen LogP contribution in [-0.2, 0) is 14.9 Å². The van der Waals surface area contributed by atoms with E-state index in [1.807, 2.05) is 4.72 Å². The van der Waals surface area contributed by atoms with E-state index in [-0.39, 0.29) is 28.2 Å². The Balaban J connectivity index is 1.92. The van der Waals surface area contributed by atoms with Gasteiger partial charge in [0, 0.05) is 23.6 Å². The summed E-state index contributed by atoms with van der Waals surface area (Å²) in [5, 5.41) is 5.00. The van der Waals surface area contributed by atoms with E-state index in [0.717, 1.165) is 26.2 Å². The molecule has 1 aromatic carbocycles. The van der Waals surface area contributed by atoms with E-state index >= 15 is 0 Å². The molecule has 1 fully saturated rings. The number of pyridine rings is 1. The van der Waals surface area contributed by atoms with Gasteiger partial charge < -0.3 is 14.5 Å². The number of aromatic nitrogens is 3. The third-order valence-corrected chi connectivity index (χ3v) is 6.72. The fraction of sp³-hybridized carbons (Fsp3) is 0.400. The van der Waals surface area contributed by atoms with Crippen LogP contribution in [0.3, 0.4) is 0 Å². The Kier molecular flexibility index (Phi) is 5.92. The number of aromatic amines is 1. The molecule has 190 valence electrons. The van der Waals surface area contributed by atoms with Crippen LogP contribution < -0.4 is 14.6 Å². The van der Waals surface area contributed by atoms with Crippen molar-refractivity contribution in [1.82, 2.24) is 15.0 Å². The van der Waals surface area contributed by atoms with Crippen molar-refractivity contribution in [2.75, 3.05) is 11.8 Å². The zero-order chi connectivity index (χ0) is 25.9. The van der Waals surface area contributed by atoms with E-state index in [2.05, 4.69) is 15.0 Å². The number of rotatable bonds is 5. The zero-order valence-electron chi connectivity index (χ0n) is 18.4. The molecule has 2 aromatic heterocycles. The van der Waals surface area contributed by atoms with Gasteiger partial charge in [-0.25, -0.2) is 19.5 Å². The molecule has 1 aliphatic heterocycles. The van der Waals surface area contributed by atoms with Gasteiger partial charge in [0.1, 0.15) is 17.4 Å². The van der Waals surface area contributed by atoms with Crippen LogP contribution in [0.15, 0.2) is 24.4 Å². The van der Waals surface area contributed by atoms with Gasteiger partial charge in [0.25, 0.3) is 10.2 Å². The van der Waals surface area contributed by atoms with Crippen LogP contribution in [0.1, 0.15) is 37.3 Å². The number of methoxy groups -OCH3 is 1. The number of alkyl halides is 3. The molecule has 0 saturated carbocycles. The van der Waals surface area contributed by atoms with Gasteiger partial charge in [-0.1, -0.05) is 13.0 Å². The van der Waals surface area contributed by atoms with E-state index in [1.54, 1.807) is 0 Å². The van der Waals surface area contributed by atoms with E-state index in [1.165, 1.54) is 19.2 Å². The van der Waals surface area contributed by atoms with Gasteiger partial charge in [-0.2, -0.15) is 26.0 Å². The van der Waals surface area contributed by atoms with Crippen molar-refractivity contribution in [3.63, 3.8) is 0 Å². The average molecular weight is 521 g/mol. The lowest BCUT2D eigenvalue weighted by Gasteiger charge is -2.32. The van der Waals surface area contributed by atoms with Crippen molar-refractivity contribution >= 4 is 27.1 Å². The Morgan fingerprint density at radius 1 is 1.26 bits per heavy atom. The maximum absolute atomic E-state index is 14.5. The summed E-state index contributed by atoms with van der Waals surface area (Å²) < 4.78 is 106. The third kappa shape index (κ3) is 4.16. The molecule has 4 N–H and O–H groups in total. The highest BCUT2D eigenvalue weighted by Gasteiger charge is 2.65. The van der Waals surface area contributed by atoms with Gasteiger partial charge in [0.15, 0.2) is 23.0 Å². The SMILES string of the molecule is COc1c([C@H]2[C@H](c3nc4c(NS(N)(=O)=O)nccc4[nH]3)O[C@@](C)(C(F)(F)F)[C@H]2C)ccc(F)c1F. The van der Waals surface area contributed by atoms with Crippen LogP contribution in [0.2, 0.25) is 0 Å². The van der Waals surface area contributed by atoms with Crippen LogP contribution in [0.25, 0.3) is 11.0 Å². The molecule has 3 aromatic rings. The number of benzene rings is 1. The number of hydrogen-bond donors (Lipinski definition) is 3. The largest absolute Gasteiger partial charge is 0.493 e. The summed E-state index contributed by atoms with van der Waals surface area (Å²) in [6.07, 6.45) is -5.05. The highest BCUT2D eigenvalue weighted by atomic mass is 32.2. The highest BCUT2D eigenvalue weighted by Crippen LogP contribution is 2.59. The average Bonchev–Trinajstić information content (AvgIpc) is 3.29. The van der Waals surface area contributed by atoms with E-state index in [0.29, 0.717) is 0 Å². The normalized spacial score (nSPS) is 25.2. The summed E-state index contributed by atoms with van der Waals surface area (Å²) in [6, 6.07) is 3.33. The number of imidazole rings is 1. The van der Waals surface area contributed by atoms with E-state index in [4.69, 9.17) is 14.6 Å². The lowest BCUT2D eigenvalue weighted by molar-refractivity contribution is -0.275. The fourth-order valence-corrected chi connectivity index (χ4v) is 4.77. The summed E-state index contributed by atoms with van der Waals surface area (Å²) >= 11 is 0. The predicted molar refractivity (Wildman–Crippen MR) is 114 cm³/mol. The van der Waals surface area contributed by atoms with Crippen molar-refractivity contribution in [2.24, 2.45) is 11.1 Å². The van der Waals surface area contributed by atoms with Crippen molar-refractivity contribution in [3.05, 3.63) is 47.4 Å². The number of H-pyrrole nitrogens is 1. The van der Waals surface area contributed by atoms with Crippen molar-refractivity contribution in [1.29, 1.82) is 0 Å². The van der Waals surface area contributed by atoms with E-state index < -0.39 is 57.3 Å². The van der Waals surface area contributed by atoms with Crippen LogP contribution in [0.5, 0.6) is 5.75 Å². The maximum atomic E-state index is 14.5. The molecule has 0 unspecified atom stereocenters. The molecular formula is C20H20F5N5O4S. The molecule has 0 bridgehead atoms. The molecule has 9 nitrogen and oxygen atoms in total. The first-order valence-electron chi connectivity index (χ1n) is 10.1. The second kappa shape index (κ2) is 8.27. The molecule has 35 heavy (non-hydrogen) atoms. The van der Waals surface area contributed by atoms with Crippen molar-refractivity contribution in [2.45, 2.75) is 37.6 Å². The molecule has 3 heterocycles. The number of nitrogens with zero attached hydrogens (tertiary/aromatic N) is 2. The second-order valence-electron chi connectivity index (χ2n) is 8.27. The summed E-state index contributed by atoms with van der Waals surface area (Å²) in [5.41, 5.74) is -2.58. The van der Waals surface area contributed by atoms with Gasteiger partial charge in [-0.15, -0.1) is 0 Å². The second-order valence-corrected chi connectivity index (χ2v) is 9.56. The summed E-state index contributed by atoms with van der Waals surface area (Å²) in [7, 11) is -3.17. The smallest absolute Gasteiger partial charge is 0.417 e. The fourth-order valence-electron chi connectivity index (χ4n) is 4.35. The molecule has 0 amide bonds. The third-order valence-electron chi connectivity index (χ3n) is 6.24. The Labute approximate surface area is 196 Å². The minimum atomic E-state index is -4.83. The van der Waals surface area contributed by atoms with Gasteiger partial charge in [-0.3, -0.25) is 4.72 Å². The predicted octanol–water partition coefficient (Wildman–Crippen LogP) is 3.67. The van der Waals surface area contributed by atoms with Crippen LogP contribution >= 0.6 is 0 Å². The summed E-state index contributed by atoms with van der Waals surface area (Å²) in [4.78, 5) is 10.9. The van der Waals surface area contributed by atoms with Crippen molar-refractivity contribution in [3.8, 4) is 5.75 Å². The number of nitrogens with one attached hydrogen (secondary N) is 2. The number of halogens is 5. The lowest BCUT2D eigenvalue weighted by Crippen LogP contribution is -2.46. The quantitative estimate of drug-likeness (QED) is 0.439. The summed E-state index contributed by atoms with van der Waals surface area (Å²) in [6.45, 7) is 2.13. The first kappa shape index (κ1) is 25.1. The molecule has 0 aliphatic carbocycles. The Morgan fingerprint density at radius 2 is 1.94 bits per heavy atom. The first-order chi connectivity index (χ1) is 16.2. The number of ether oxygens (including phenoxy) is 2. The Bertz CT molecular complexity index is 1400. The number of fused-ring (bicyclic) bond motifs is 1.